The Kier molecular flexibility index (Phi) is 14.1. The number of ketones is 1. The third kappa shape index (κ3) is 9.52. The minimum atomic E-state index is -4.05. The SMILES string of the molecule is C.COCN(c1cc(C)cnc1Br)S(=O)(=O)c1ccc(Cl)c(Cl)c1.Cc1cnc(C(=O)c2cncc3[nH]ccc23)c(NS(=O)(=O)c2ccc(Cl)c(Cl)c2)c1. The molecule has 0 saturated carbocycles. The van der Waals surface area contributed by atoms with E-state index in [1.165, 1.54) is 55.9 Å². The van der Waals surface area contributed by atoms with Crippen LogP contribution in [0.4, 0.5) is 11.4 Å². The molecule has 6 aromatic rings. The number of H-pyrrole nitrogens is 1. The van der Waals surface area contributed by atoms with Gasteiger partial charge >= 0.3 is 0 Å². The van der Waals surface area contributed by atoms with Gasteiger partial charge in [0.05, 0.1) is 58.5 Å². The van der Waals surface area contributed by atoms with Crippen molar-refractivity contribution < 1.29 is 26.4 Å². The van der Waals surface area contributed by atoms with Gasteiger partial charge in [-0.05, 0) is 95.5 Å². The topological polar surface area (TPSA) is 164 Å². The molecular weight excluding hydrogens is 886 g/mol. The van der Waals surface area contributed by atoms with Crippen molar-refractivity contribution in [1.82, 2.24) is 19.9 Å². The number of hydrogen-bond donors (Lipinski definition) is 2. The first kappa shape index (κ1) is 42.9. The Labute approximate surface area is 341 Å². The van der Waals surface area contributed by atoms with Gasteiger partial charge in [-0.3, -0.25) is 19.5 Å². The van der Waals surface area contributed by atoms with Gasteiger partial charge < -0.3 is 9.72 Å². The molecule has 0 aliphatic heterocycles. The molecule has 0 aliphatic rings. The van der Waals surface area contributed by atoms with Crippen molar-refractivity contribution in [3.8, 4) is 0 Å². The van der Waals surface area contributed by atoms with Crippen molar-refractivity contribution in [3.05, 3.63) is 133 Å². The molecule has 0 spiro atoms. The summed E-state index contributed by atoms with van der Waals surface area (Å²) in [5, 5.41) is 1.43. The van der Waals surface area contributed by atoms with Gasteiger partial charge in [0.2, 0.25) is 5.78 Å². The Morgan fingerprint density at radius 1 is 0.833 bits per heavy atom. The predicted octanol–water partition coefficient (Wildman–Crippen LogP) is 9.50. The van der Waals surface area contributed by atoms with Crippen LogP contribution in [0.2, 0.25) is 20.1 Å². The third-order valence-corrected chi connectivity index (χ3v) is 12.5. The van der Waals surface area contributed by atoms with E-state index in [0.29, 0.717) is 32.3 Å². The van der Waals surface area contributed by atoms with Crippen LogP contribution in [0, 0.1) is 13.8 Å². The highest BCUT2D eigenvalue weighted by atomic mass is 79.9. The van der Waals surface area contributed by atoms with E-state index in [0.717, 1.165) is 9.87 Å². The Bertz CT molecular complexity index is 2580. The van der Waals surface area contributed by atoms with E-state index in [1.54, 1.807) is 43.7 Å². The molecule has 0 bridgehead atoms. The lowest BCUT2D eigenvalue weighted by Crippen LogP contribution is -2.33. The van der Waals surface area contributed by atoms with E-state index < -0.39 is 25.8 Å². The van der Waals surface area contributed by atoms with Crippen LogP contribution in [-0.2, 0) is 24.8 Å². The Hall–Kier alpha value is -3.80. The summed E-state index contributed by atoms with van der Waals surface area (Å²) in [6.07, 6.45) is 7.85. The normalized spacial score (nSPS) is 11.3. The van der Waals surface area contributed by atoms with Gasteiger partial charge in [-0.25, -0.2) is 26.1 Å². The van der Waals surface area contributed by atoms with Gasteiger partial charge in [0.25, 0.3) is 20.0 Å². The fraction of sp³-hybridized carbons (Fsp3) is 0.143. The maximum Gasteiger partial charge on any atom is 0.266 e. The second-order valence-electron chi connectivity index (χ2n) is 11.2. The maximum absolute atomic E-state index is 13.2. The number of benzene rings is 2. The summed E-state index contributed by atoms with van der Waals surface area (Å²) in [5.74, 6) is -0.459. The summed E-state index contributed by atoms with van der Waals surface area (Å²) in [6, 6.07) is 13.1. The number of aryl methyl sites for hydroxylation is 2. The van der Waals surface area contributed by atoms with Crippen LogP contribution < -0.4 is 9.03 Å². The molecule has 4 aromatic heterocycles. The number of rotatable bonds is 10. The van der Waals surface area contributed by atoms with Crippen molar-refractivity contribution >= 4 is 110 Å². The monoisotopic (exact) mass is 914 g/mol. The zero-order valence-electron chi connectivity index (χ0n) is 27.7. The molecule has 6 rings (SSSR count). The molecule has 2 aromatic carbocycles. The quantitative estimate of drug-likeness (QED) is 0.0774. The van der Waals surface area contributed by atoms with E-state index in [2.05, 4.69) is 40.6 Å². The average molecular weight is 918 g/mol. The first-order chi connectivity index (χ1) is 25.0. The number of nitrogens with one attached hydrogen (secondary N) is 2. The zero-order chi connectivity index (χ0) is 38.7. The molecule has 0 fully saturated rings. The van der Waals surface area contributed by atoms with Crippen LogP contribution in [0.3, 0.4) is 0 Å². The molecule has 2 N–H and O–H groups in total. The number of anilines is 2. The van der Waals surface area contributed by atoms with Gasteiger partial charge in [-0.15, -0.1) is 0 Å². The van der Waals surface area contributed by atoms with E-state index in [4.69, 9.17) is 51.1 Å². The van der Waals surface area contributed by atoms with E-state index in [9.17, 15) is 21.6 Å². The summed E-state index contributed by atoms with van der Waals surface area (Å²) < 4.78 is 60.7. The molecule has 0 aliphatic carbocycles. The number of sulfonamides is 2. The number of fused-ring (bicyclic) bond motifs is 1. The molecule has 0 atom stereocenters. The number of pyridine rings is 3. The molecular formula is C35H31BrCl4N6O6S2. The zero-order valence-corrected chi connectivity index (χ0v) is 34.0. The standard InChI is InChI=1S/C20H14Cl2N4O3S.C14H13BrCl2N2O3S.CH4/c1-11-6-17(26-30(28,29)12-2-3-15(21)16(22)7-12)19(25-8-11)20(27)14-9-23-10-18-13(14)4-5-24-18;1-9-5-13(14(15)18-7-9)19(8-22-2)23(20,21)10-3-4-11(16)12(17)6-10;/h2-10,24,26H,1H3;3-7H,8H2,1-2H3;1H4. The molecule has 12 nitrogen and oxygen atoms in total. The molecule has 4 heterocycles. The van der Waals surface area contributed by atoms with Crippen molar-refractivity contribution in [3.63, 3.8) is 0 Å². The first-order valence-corrected chi connectivity index (χ1v) is 20.3. The molecule has 54 heavy (non-hydrogen) atoms. The lowest BCUT2D eigenvalue weighted by molar-refractivity contribution is 0.103. The number of hydrogen-bond acceptors (Lipinski definition) is 9. The number of ether oxygens (including phenoxy) is 1. The van der Waals surface area contributed by atoms with Crippen molar-refractivity contribution in [2.75, 3.05) is 22.9 Å². The summed E-state index contributed by atoms with van der Waals surface area (Å²) >= 11 is 26.9. The highest BCUT2D eigenvalue weighted by Crippen LogP contribution is 2.33. The Balaban J connectivity index is 0.000000245. The van der Waals surface area contributed by atoms with Crippen LogP contribution in [-0.4, -0.2) is 56.4 Å². The molecule has 19 heteroatoms. The van der Waals surface area contributed by atoms with Crippen LogP contribution in [0.1, 0.15) is 34.6 Å². The summed E-state index contributed by atoms with van der Waals surface area (Å²) in [6.45, 7) is 3.39. The van der Waals surface area contributed by atoms with E-state index in [1.807, 2.05) is 6.92 Å². The van der Waals surface area contributed by atoms with Crippen LogP contribution in [0.5, 0.6) is 0 Å². The first-order valence-electron chi connectivity index (χ1n) is 15.0. The van der Waals surface area contributed by atoms with Gasteiger partial charge in [-0.2, -0.15) is 0 Å². The predicted molar refractivity (Wildman–Crippen MR) is 217 cm³/mol. The Morgan fingerprint density at radius 2 is 1.44 bits per heavy atom. The number of aromatic amines is 1. The largest absolute Gasteiger partial charge is 0.363 e. The molecule has 0 amide bonds. The molecule has 0 saturated heterocycles. The second kappa shape index (κ2) is 17.8. The minimum Gasteiger partial charge on any atom is -0.363 e. The smallest absolute Gasteiger partial charge is 0.266 e. The average Bonchev–Trinajstić information content (AvgIpc) is 3.60. The van der Waals surface area contributed by atoms with Crippen molar-refractivity contribution in [2.45, 2.75) is 31.1 Å². The molecule has 0 unspecified atom stereocenters. The highest BCUT2D eigenvalue weighted by Gasteiger charge is 2.28. The number of nitrogens with zero attached hydrogens (tertiary/aromatic N) is 4. The van der Waals surface area contributed by atoms with E-state index >= 15 is 0 Å². The number of methoxy groups -OCH3 is 1. The molecule has 284 valence electrons. The summed E-state index contributed by atoms with van der Waals surface area (Å²) in [5.41, 5.74) is 2.87. The van der Waals surface area contributed by atoms with Gasteiger partial charge in [0, 0.05) is 37.3 Å². The molecule has 0 radical (unpaired) electrons. The van der Waals surface area contributed by atoms with Gasteiger partial charge in [-0.1, -0.05) is 53.8 Å². The van der Waals surface area contributed by atoms with Gasteiger partial charge in [0.1, 0.15) is 17.0 Å². The fourth-order valence-electron chi connectivity index (χ4n) is 4.83. The minimum absolute atomic E-state index is 0. The summed E-state index contributed by atoms with van der Waals surface area (Å²) in [7, 11) is -6.53. The Morgan fingerprint density at radius 3 is 2.09 bits per heavy atom. The number of halogens is 5. The van der Waals surface area contributed by atoms with Crippen molar-refractivity contribution in [1.29, 1.82) is 0 Å². The van der Waals surface area contributed by atoms with Crippen LogP contribution in [0.25, 0.3) is 10.9 Å². The van der Waals surface area contributed by atoms with Crippen LogP contribution in [0.15, 0.2) is 100.0 Å². The number of carbonyl (C=O) groups excluding carboxylic acids is 1. The van der Waals surface area contributed by atoms with Crippen molar-refractivity contribution in [2.24, 2.45) is 0 Å². The summed E-state index contributed by atoms with van der Waals surface area (Å²) in [4.78, 5) is 28.5. The lowest BCUT2D eigenvalue weighted by Gasteiger charge is -2.24. The lowest BCUT2D eigenvalue weighted by atomic mass is 10.0. The van der Waals surface area contributed by atoms with Gasteiger partial charge in [0.15, 0.2) is 0 Å². The fourth-order valence-corrected chi connectivity index (χ4v) is 8.59. The number of carbonyl (C=O) groups is 1. The highest BCUT2D eigenvalue weighted by molar-refractivity contribution is 9.10. The number of aromatic nitrogens is 4. The maximum atomic E-state index is 13.2. The second-order valence-corrected chi connectivity index (χ2v) is 17.1. The van der Waals surface area contributed by atoms with Crippen LogP contribution >= 0.6 is 62.3 Å². The van der Waals surface area contributed by atoms with E-state index in [-0.39, 0.29) is 55.4 Å². The third-order valence-electron chi connectivity index (χ3n) is 7.36.